The third-order valence-corrected chi connectivity index (χ3v) is 5.26. The van der Waals surface area contributed by atoms with E-state index in [4.69, 9.17) is 0 Å². The van der Waals surface area contributed by atoms with E-state index in [2.05, 4.69) is 0 Å². The first kappa shape index (κ1) is 15.9. The number of hydrogen-bond acceptors (Lipinski definition) is 3. The van der Waals surface area contributed by atoms with E-state index in [1.165, 1.54) is 0 Å². The van der Waals surface area contributed by atoms with Crippen LogP contribution in [0.4, 0.5) is 0 Å². The van der Waals surface area contributed by atoms with Crippen molar-refractivity contribution in [2.24, 2.45) is 5.92 Å². The van der Waals surface area contributed by atoms with Gasteiger partial charge in [-0.25, -0.2) is 8.42 Å². The van der Waals surface area contributed by atoms with Crippen LogP contribution in [0.25, 0.3) is 6.08 Å². The second kappa shape index (κ2) is 5.47. The van der Waals surface area contributed by atoms with Crippen molar-refractivity contribution in [3.8, 4) is 0 Å². The second-order valence-corrected chi connectivity index (χ2v) is 6.33. The van der Waals surface area contributed by atoms with Gasteiger partial charge in [-0.05, 0) is 23.5 Å². The van der Waals surface area contributed by atoms with Crippen molar-refractivity contribution < 1.29 is 42.5 Å². The molecule has 0 saturated heterocycles. The fourth-order valence-electron chi connectivity index (χ4n) is 2.57. The van der Waals surface area contributed by atoms with E-state index >= 15 is 0 Å². The van der Waals surface area contributed by atoms with E-state index in [-0.39, 0.29) is 41.9 Å². The Balaban J connectivity index is 0.00000162. The van der Waals surface area contributed by atoms with E-state index in [0.717, 1.165) is 5.56 Å². The van der Waals surface area contributed by atoms with Gasteiger partial charge in [0.15, 0.2) is 0 Å². The Labute approximate surface area is 130 Å². The standard InChI is InChI=1S/C13H16O3S.Na/c1-10(2)13(17(14,15)16)9-5-7-11-6-3-4-8-12(11)13;/h3-8,10H,9H2,1-2H3,(H,14,15,16);/q;+1/p-1. The number of hydrogen-bond donors (Lipinski definition) is 0. The molecule has 0 radical (unpaired) electrons. The van der Waals surface area contributed by atoms with Crippen molar-refractivity contribution in [3.63, 3.8) is 0 Å². The van der Waals surface area contributed by atoms with Gasteiger partial charge in [-0.15, -0.1) is 0 Å². The molecule has 3 nitrogen and oxygen atoms in total. The molecule has 0 saturated carbocycles. The predicted molar refractivity (Wildman–Crippen MR) is 66.3 cm³/mol. The summed E-state index contributed by atoms with van der Waals surface area (Å²) in [6, 6.07) is 7.21. The topological polar surface area (TPSA) is 57.2 Å². The zero-order valence-corrected chi connectivity index (χ0v) is 13.7. The van der Waals surface area contributed by atoms with E-state index in [0.29, 0.717) is 5.56 Å². The third kappa shape index (κ3) is 2.32. The second-order valence-electron chi connectivity index (χ2n) is 4.69. The summed E-state index contributed by atoms with van der Waals surface area (Å²) < 4.78 is 33.8. The molecular weight excluding hydrogens is 259 g/mol. The van der Waals surface area contributed by atoms with E-state index in [9.17, 15) is 13.0 Å². The van der Waals surface area contributed by atoms with Gasteiger partial charge < -0.3 is 4.55 Å². The van der Waals surface area contributed by atoms with Gasteiger partial charge in [0.25, 0.3) is 0 Å². The largest absolute Gasteiger partial charge is 1.00 e. The summed E-state index contributed by atoms with van der Waals surface area (Å²) in [4.78, 5) is 0. The first-order valence-electron chi connectivity index (χ1n) is 5.61. The van der Waals surface area contributed by atoms with Gasteiger partial charge in [0.2, 0.25) is 0 Å². The summed E-state index contributed by atoms with van der Waals surface area (Å²) in [6.07, 6.45) is 3.91. The first-order chi connectivity index (χ1) is 7.89. The Hall–Kier alpha value is -0.130. The molecule has 2 rings (SSSR count). The molecule has 1 aromatic carbocycles. The molecule has 1 aliphatic rings. The number of rotatable bonds is 2. The molecule has 0 aliphatic heterocycles. The number of allylic oxidation sites excluding steroid dienone is 1. The minimum Gasteiger partial charge on any atom is -0.747 e. The Bertz CT molecular complexity index is 563. The van der Waals surface area contributed by atoms with Crippen molar-refractivity contribution in [3.05, 3.63) is 41.5 Å². The van der Waals surface area contributed by atoms with E-state index < -0.39 is 14.9 Å². The SMILES string of the molecule is CC(C)C1(S(=O)(=O)[O-])CC=Cc2ccccc21.[Na+]. The zero-order chi connectivity index (χ0) is 12.7. The van der Waals surface area contributed by atoms with Crippen molar-refractivity contribution in [2.75, 3.05) is 0 Å². The van der Waals surface area contributed by atoms with Gasteiger partial charge in [0, 0.05) is 0 Å². The van der Waals surface area contributed by atoms with Crippen LogP contribution in [0.2, 0.25) is 0 Å². The molecule has 92 valence electrons. The maximum absolute atomic E-state index is 11.7. The molecule has 5 heteroatoms. The third-order valence-electron chi connectivity index (χ3n) is 3.51. The fourth-order valence-corrected chi connectivity index (χ4v) is 3.90. The van der Waals surface area contributed by atoms with Gasteiger partial charge in [0.1, 0.15) is 10.1 Å². The van der Waals surface area contributed by atoms with Crippen LogP contribution in [0, 0.1) is 5.92 Å². The van der Waals surface area contributed by atoms with Crippen LogP contribution in [0.15, 0.2) is 30.3 Å². The Morgan fingerprint density at radius 2 is 1.89 bits per heavy atom. The van der Waals surface area contributed by atoms with Gasteiger partial charge in [-0.1, -0.05) is 50.3 Å². The van der Waals surface area contributed by atoms with Crippen molar-refractivity contribution >= 4 is 16.2 Å². The Morgan fingerprint density at radius 1 is 1.28 bits per heavy atom. The van der Waals surface area contributed by atoms with Crippen LogP contribution in [-0.2, 0) is 14.9 Å². The smallest absolute Gasteiger partial charge is 0.747 e. The molecule has 0 aromatic heterocycles. The zero-order valence-electron chi connectivity index (χ0n) is 10.9. The summed E-state index contributed by atoms with van der Waals surface area (Å²) in [5.74, 6) is -0.254. The van der Waals surface area contributed by atoms with Gasteiger partial charge in [-0.3, -0.25) is 0 Å². The maximum Gasteiger partial charge on any atom is 1.00 e. The van der Waals surface area contributed by atoms with Crippen molar-refractivity contribution in [1.82, 2.24) is 0 Å². The van der Waals surface area contributed by atoms with Gasteiger partial charge >= 0.3 is 29.6 Å². The summed E-state index contributed by atoms with van der Waals surface area (Å²) in [7, 11) is -4.40. The number of fused-ring (bicyclic) bond motifs is 1. The molecule has 0 heterocycles. The van der Waals surface area contributed by atoms with Gasteiger partial charge in [0.05, 0.1) is 4.75 Å². The van der Waals surface area contributed by atoms with E-state index in [1.807, 2.05) is 18.2 Å². The summed E-state index contributed by atoms with van der Waals surface area (Å²) in [6.45, 7) is 3.57. The molecule has 0 bridgehead atoms. The first-order valence-corrected chi connectivity index (χ1v) is 7.02. The van der Waals surface area contributed by atoms with Crippen LogP contribution >= 0.6 is 0 Å². The normalized spacial score (nSPS) is 22.4. The quantitative estimate of drug-likeness (QED) is 0.540. The molecule has 1 unspecified atom stereocenters. The Kier molecular flexibility index (Phi) is 4.84. The summed E-state index contributed by atoms with van der Waals surface area (Å²) in [5.41, 5.74) is 1.46. The molecule has 0 amide bonds. The molecule has 0 fully saturated rings. The molecular formula is C13H15NaO3S. The molecule has 0 N–H and O–H groups in total. The van der Waals surface area contributed by atoms with Gasteiger partial charge in [-0.2, -0.15) is 0 Å². The summed E-state index contributed by atoms with van der Waals surface area (Å²) in [5, 5.41) is 0. The van der Waals surface area contributed by atoms with Crippen LogP contribution in [-0.4, -0.2) is 13.0 Å². The number of benzene rings is 1. The van der Waals surface area contributed by atoms with Crippen LogP contribution < -0.4 is 29.6 Å². The maximum atomic E-state index is 11.7. The molecule has 18 heavy (non-hydrogen) atoms. The molecule has 1 aliphatic carbocycles. The molecule has 1 atom stereocenters. The monoisotopic (exact) mass is 274 g/mol. The Morgan fingerprint density at radius 3 is 2.44 bits per heavy atom. The molecule has 1 aromatic rings. The van der Waals surface area contributed by atoms with Crippen LogP contribution in [0.5, 0.6) is 0 Å². The van der Waals surface area contributed by atoms with Crippen LogP contribution in [0.3, 0.4) is 0 Å². The fraction of sp³-hybridized carbons (Fsp3) is 0.385. The van der Waals surface area contributed by atoms with Crippen LogP contribution in [0.1, 0.15) is 31.4 Å². The van der Waals surface area contributed by atoms with E-state index in [1.54, 1.807) is 32.1 Å². The average molecular weight is 274 g/mol. The minimum atomic E-state index is -4.40. The average Bonchev–Trinajstić information content (AvgIpc) is 2.26. The summed E-state index contributed by atoms with van der Waals surface area (Å²) >= 11 is 0. The molecule has 0 spiro atoms. The van der Waals surface area contributed by atoms with Crippen molar-refractivity contribution in [2.45, 2.75) is 25.0 Å². The predicted octanol–water partition coefficient (Wildman–Crippen LogP) is -0.496. The minimum absolute atomic E-state index is 0. The van der Waals surface area contributed by atoms with Crippen molar-refractivity contribution in [1.29, 1.82) is 0 Å².